The van der Waals surface area contributed by atoms with E-state index < -0.39 is 24.1 Å². The summed E-state index contributed by atoms with van der Waals surface area (Å²) in [6, 6.07) is 0.322. The van der Waals surface area contributed by atoms with Crippen molar-refractivity contribution < 1.29 is 30.0 Å². The monoisotopic (exact) mass is 319 g/mol. The van der Waals surface area contributed by atoms with E-state index in [9.17, 15) is 9.59 Å². The Labute approximate surface area is 123 Å². The van der Waals surface area contributed by atoms with Crippen LogP contribution in [-0.4, -0.2) is 55.6 Å². The highest BCUT2D eigenvalue weighted by Gasteiger charge is 2.29. The number of nitrogens with two attached hydrogens (primary N) is 2. The van der Waals surface area contributed by atoms with E-state index in [4.69, 9.17) is 31.9 Å². The number of thiazole rings is 1. The minimum atomic E-state index is -2.27. The molecule has 118 valence electrons. The molecule has 0 bridgehead atoms. The third-order valence-electron chi connectivity index (χ3n) is 2.80. The van der Waals surface area contributed by atoms with Gasteiger partial charge in [-0.1, -0.05) is 0 Å². The Bertz CT molecular complexity index is 502. The van der Waals surface area contributed by atoms with Gasteiger partial charge in [-0.25, -0.2) is 14.6 Å². The molecule has 1 aliphatic carbocycles. The largest absolute Gasteiger partial charge is 0.479 e. The summed E-state index contributed by atoms with van der Waals surface area (Å²) >= 11 is 1.58. The normalized spacial score (nSPS) is 19.7. The van der Waals surface area contributed by atoms with Gasteiger partial charge in [-0.2, -0.15) is 0 Å². The van der Waals surface area contributed by atoms with Gasteiger partial charge in [0, 0.05) is 10.9 Å². The zero-order chi connectivity index (χ0) is 16.2. The van der Waals surface area contributed by atoms with Crippen LogP contribution in [0.2, 0.25) is 0 Å². The molecule has 0 radical (unpaired) electrons. The highest BCUT2D eigenvalue weighted by molar-refractivity contribution is 7.15. The number of nitrogens with zero attached hydrogens (tertiary/aromatic N) is 1. The lowest BCUT2D eigenvalue weighted by Gasteiger charge is -2.15. The second kappa shape index (κ2) is 7.31. The van der Waals surface area contributed by atoms with E-state index in [1.54, 1.807) is 11.3 Å². The van der Waals surface area contributed by atoms with Crippen LogP contribution < -0.4 is 11.5 Å². The van der Waals surface area contributed by atoms with Crippen LogP contribution in [0.1, 0.15) is 17.0 Å². The third-order valence-corrected chi connectivity index (χ3v) is 3.75. The molecule has 8 N–H and O–H groups in total. The van der Waals surface area contributed by atoms with Crippen LogP contribution in [0, 0.1) is 0 Å². The molecule has 1 aromatic rings. The number of rotatable bonds is 3. The number of carbonyl (C=O) groups is 2. The molecule has 1 aliphatic rings. The van der Waals surface area contributed by atoms with Gasteiger partial charge in [0.25, 0.3) is 0 Å². The number of aryl methyl sites for hydroxylation is 1. The molecule has 0 aromatic carbocycles. The molecule has 0 saturated carbocycles. The fraction of sp³-hybridized carbons (Fsp3) is 0.545. The first-order valence-corrected chi connectivity index (χ1v) is 6.85. The molecule has 9 nitrogen and oxygen atoms in total. The van der Waals surface area contributed by atoms with Crippen molar-refractivity contribution in [2.24, 2.45) is 5.73 Å². The first-order valence-electron chi connectivity index (χ1n) is 6.03. The van der Waals surface area contributed by atoms with E-state index in [2.05, 4.69) is 4.98 Å². The van der Waals surface area contributed by atoms with Crippen LogP contribution in [0.3, 0.4) is 0 Å². The Hall–Kier alpha value is -1.75. The highest BCUT2D eigenvalue weighted by Crippen LogP contribution is 2.27. The number of aliphatic carboxylic acids is 2. The van der Waals surface area contributed by atoms with Crippen molar-refractivity contribution in [1.82, 2.24) is 4.98 Å². The summed E-state index contributed by atoms with van der Waals surface area (Å²) in [7, 11) is 0. The summed E-state index contributed by atoms with van der Waals surface area (Å²) in [5.74, 6) is -3.54. The second-order valence-electron chi connectivity index (χ2n) is 4.49. The summed E-state index contributed by atoms with van der Waals surface area (Å²) < 4.78 is 0. The fourth-order valence-corrected chi connectivity index (χ4v) is 2.66. The second-order valence-corrected chi connectivity index (χ2v) is 5.61. The quantitative estimate of drug-likeness (QED) is 0.383. The summed E-state index contributed by atoms with van der Waals surface area (Å²) in [5, 5.41) is 33.2. The van der Waals surface area contributed by atoms with Crippen molar-refractivity contribution in [3.8, 4) is 0 Å². The molecule has 0 amide bonds. The predicted molar refractivity (Wildman–Crippen MR) is 73.8 cm³/mol. The maximum Gasteiger partial charge on any atom is 0.335 e. The van der Waals surface area contributed by atoms with Gasteiger partial charge < -0.3 is 31.9 Å². The average molecular weight is 319 g/mol. The van der Waals surface area contributed by atoms with E-state index in [1.807, 2.05) is 0 Å². The maximum atomic E-state index is 9.77. The van der Waals surface area contributed by atoms with Crippen molar-refractivity contribution >= 4 is 28.4 Å². The molecule has 21 heavy (non-hydrogen) atoms. The number of fused-ring (bicyclic) bond motifs is 1. The molecule has 0 spiro atoms. The summed E-state index contributed by atoms with van der Waals surface area (Å²) in [6.07, 6.45) is -1.51. The molecule has 3 atom stereocenters. The minimum absolute atomic E-state index is 0.322. The van der Waals surface area contributed by atoms with Gasteiger partial charge >= 0.3 is 11.9 Å². The number of aliphatic hydroxyl groups is 2. The number of aromatic nitrogens is 1. The van der Waals surface area contributed by atoms with E-state index in [-0.39, 0.29) is 0 Å². The first-order chi connectivity index (χ1) is 9.72. The van der Waals surface area contributed by atoms with Crippen molar-refractivity contribution in [3.05, 3.63) is 10.6 Å². The standard InChI is InChI=1S/C7H11N3S.C4H6O6/c8-4-1-2-5-6(3-4)11-7(9)10-5;5-1(3(7)8)2(6)4(9)10/h4H,1-3,8H2,(H2,9,10);1-2,5-6H,(H,7,8)(H,9,10)/t;1-,2?/m.0/s1. The number of carboxylic acid groups (broad SMARTS) is 2. The van der Waals surface area contributed by atoms with Gasteiger partial charge in [0.05, 0.1) is 5.69 Å². The lowest BCUT2D eigenvalue weighted by molar-refractivity contribution is -0.165. The number of hydrogen-bond donors (Lipinski definition) is 6. The molecule has 0 aliphatic heterocycles. The maximum absolute atomic E-state index is 9.77. The van der Waals surface area contributed by atoms with Crippen LogP contribution in [0.5, 0.6) is 0 Å². The lowest BCUT2D eigenvalue weighted by atomic mass is 9.99. The van der Waals surface area contributed by atoms with Crippen LogP contribution in [0.4, 0.5) is 5.13 Å². The molecule has 10 heteroatoms. The SMILES string of the molecule is Nc1nc2c(s1)CC(N)CC2.O=C(O)C(O)[C@H](O)C(=O)O. The van der Waals surface area contributed by atoms with E-state index >= 15 is 0 Å². The zero-order valence-electron chi connectivity index (χ0n) is 11.0. The van der Waals surface area contributed by atoms with Gasteiger partial charge in [-0.05, 0) is 19.3 Å². The highest BCUT2D eigenvalue weighted by atomic mass is 32.1. The fourth-order valence-electron chi connectivity index (χ4n) is 1.69. The van der Waals surface area contributed by atoms with Gasteiger partial charge in [0.15, 0.2) is 17.3 Å². The summed E-state index contributed by atoms with van der Waals surface area (Å²) in [6.45, 7) is 0. The van der Waals surface area contributed by atoms with Gasteiger partial charge in [0.1, 0.15) is 0 Å². The minimum Gasteiger partial charge on any atom is -0.479 e. The summed E-state index contributed by atoms with van der Waals surface area (Å²) in [5.41, 5.74) is 12.5. The van der Waals surface area contributed by atoms with Crippen LogP contribution >= 0.6 is 11.3 Å². The first kappa shape index (κ1) is 17.3. The third kappa shape index (κ3) is 4.93. The topological polar surface area (TPSA) is 180 Å². The predicted octanol–water partition coefficient (Wildman–Crippen LogP) is -1.58. The molecule has 1 aromatic heterocycles. The Balaban J connectivity index is 0.000000212. The number of anilines is 1. The van der Waals surface area contributed by atoms with E-state index in [0.29, 0.717) is 11.2 Å². The zero-order valence-corrected chi connectivity index (χ0v) is 11.8. The van der Waals surface area contributed by atoms with Crippen LogP contribution in [0.25, 0.3) is 0 Å². The number of carboxylic acids is 2. The van der Waals surface area contributed by atoms with Gasteiger partial charge in [-0.15, -0.1) is 11.3 Å². The molecule has 0 saturated heterocycles. The molecule has 0 fully saturated rings. The van der Waals surface area contributed by atoms with Crippen LogP contribution in [-0.2, 0) is 22.4 Å². The van der Waals surface area contributed by atoms with Crippen molar-refractivity contribution in [1.29, 1.82) is 0 Å². The van der Waals surface area contributed by atoms with Crippen molar-refractivity contribution in [2.45, 2.75) is 37.5 Å². The Morgan fingerprint density at radius 1 is 1.24 bits per heavy atom. The average Bonchev–Trinajstić information content (AvgIpc) is 2.76. The Morgan fingerprint density at radius 3 is 2.24 bits per heavy atom. The summed E-state index contributed by atoms with van der Waals surface area (Å²) in [4.78, 5) is 25.1. The lowest BCUT2D eigenvalue weighted by Crippen LogP contribution is -2.39. The molecule has 2 unspecified atom stereocenters. The van der Waals surface area contributed by atoms with Gasteiger partial charge in [-0.3, -0.25) is 0 Å². The Morgan fingerprint density at radius 2 is 1.76 bits per heavy atom. The number of hydrogen-bond acceptors (Lipinski definition) is 8. The van der Waals surface area contributed by atoms with E-state index in [1.165, 1.54) is 10.6 Å². The van der Waals surface area contributed by atoms with Crippen molar-refractivity contribution in [3.63, 3.8) is 0 Å². The molecule has 1 heterocycles. The molecular formula is C11H17N3O6S. The smallest absolute Gasteiger partial charge is 0.335 e. The number of aliphatic hydroxyl groups excluding tert-OH is 2. The molecular weight excluding hydrogens is 302 g/mol. The number of nitrogen functional groups attached to an aromatic ring is 1. The van der Waals surface area contributed by atoms with Crippen molar-refractivity contribution in [2.75, 3.05) is 5.73 Å². The van der Waals surface area contributed by atoms with Gasteiger partial charge in [0.2, 0.25) is 0 Å². The molecule has 2 rings (SSSR count). The Kier molecular flexibility index (Phi) is 6.03. The van der Waals surface area contributed by atoms with Crippen LogP contribution in [0.15, 0.2) is 0 Å². The van der Waals surface area contributed by atoms with E-state index in [0.717, 1.165) is 19.3 Å².